The lowest BCUT2D eigenvalue weighted by Gasteiger charge is -2.22. The molecule has 120 valence electrons. The lowest BCUT2D eigenvalue weighted by Crippen LogP contribution is -2.41. The van der Waals surface area contributed by atoms with Gasteiger partial charge in [-0.05, 0) is 56.3 Å². The van der Waals surface area contributed by atoms with Gasteiger partial charge in [0.15, 0.2) is 0 Å². The largest absolute Gasteiger partial charge is 0.325 e. The Morgan fingerprint density at radius 2 is 1.52 bits per heavy atom. The van der Waals surface area contributed by atoms with Crippen LogP contribution in [0.1, 0.15) is 13.8 Å². The van der Waals surface area contributed by atoms with Crippen molar-refractivity contribution in [3.8, 4) is 0 Å². The monoisotopic (exact) mass is 334 g/mol. The van der Waals surface area contributed by atoms with Gasteiger partial charge in [0.25, 0.3) is 0 Å². The van der Waals surface area contributed by atoms with Crippen LogP contribution in [-0.4, -0.2) is 11.8 Å². The minimum atomic E-state index is -1.34. The number of anilines is 2. The molecule has 2 amide bonds. The molecule has 0 atom stereocenters. The summed E-state index contributed by atoms with van der Waals surface area (Å²) >= 11 is 5.78. The second-order valence-electron chi connectivity index (χ2n) is 5.55. The molecule has 0 aromatic heterocycles. The van der Waals surface area contributed by atoms with Crippen molar-refractivity contribution in [3.05, 3.63) is 59.4 Å². The van der Waals surface area contributed by atoms with Gasteiger partial charge in [-0.15, -0.1) is 0 Å². The molecule has 0 fully saturated rings. The van der Waals surface area contributed by atoms with Crippen LogP contribution in [0.2, 0.25) is 5.02 Å². The molecule has 0 saturated heterocycles. The molecule has 4 nitrogen and oxygen atoms in total. The molecule has 2 aromatic carbocycles. The number of carbonyl (C=O) groups excluding carboxylic acids is 2. The fourth-order valence-corrected chi connectivity index (χ4v) is 1.90. The zero-order valence-electron chi connectivity index (χ0n) is 12.7. The summed E-state index contributed by atoms with van der Waals surface area (Å²) in [6, 6.07) is 12.0. The molecule has 0 radical (unpaired) electrons. The van der Waals surface area contributed by atoms with Gasteiger partial charge in [-0.1, -0.05) is 17.7 Å². The number of rotatable bonds is 4. The van der Waals surface area contributed by atoms with Crippen molar-refractivity contribution in [2.75, 3.05) is 10.6 Å². The number of hydrogen-bond acceptors (Lipinski definition) is 2. The number of hydrogen-bond donors (Lipinski definition) is 2. The highest BCUT2D eigenvalue weighted by Gasteiger charge is 2.36. The number of benzene rings is 2. The number of amides is 2. The van der Waals surface area contributed by atoms with Crippen LogP contribution in [0.5, 0.6) is 0 Å². The molecule has 23 heavy (non-hydrogen) atoms. The first-order valence-corrected chi connectivity index (χ1v) is 7.31. The van der Waals surface area contributed by atoms with E-state index in [1.54, 1.807) is 30.3 Å². The SMILES string of the molecule is CC(C)(C(=O)Nc1ccc(Cl)cc1)C(=O)Nc1cccc(F)c1. The Morgan fingerprint density at radius 3 is 2.09 bits per heavy atom. The molecule has 0 bridgehead atoms. The van der Waals surface area contributed by atoms with Gasteiger partial charge in [-0.3, -0.25) is 9.59 Å². The summed E-state index contributed by atoms with van der Waals surface area (Å²) in [6.07, 6.45) is 0. The van der Waals surface area contributed by atoms with Crippen LogP contribution >= 0.6 is 11.6 Å². The summed E-state index contributed by atoms with van der Waals surface area (Å²) < 4.78 is 13.2. The third-order valence-corrected chi connectivity index (χ3v) is 3.57. The van der Waals surface area contributed by atoms with Crippen molar-refractivity contribution >= 4 is 34.8 Å². The second kappa shape index (κ2) is 6.79. The Balaban J connectivity index is 2.08. The molecule has 2 aromatic rings. The van der Waals surface area contributed by atoms with Crippen molar-refractivity contribution in [3.63, 3.8) is 0 Å². The van der Waals surface area contributed by atoms with Gasteiger partial charge in [0.2, 0.25) is 11.8 Å². The van der Waals surface area contributed by atoms with Gasteiger partial charge in [0.05, 0.1) is 0 Å². The van der Waals surface area contributed by atoms with E-state index in [1.165, 1.54) is 32.0 Å². The first kappa shape index (κ1) is 17.0. The summed E-state index contributed by atoms with van der Waals surface area (Å²) in [4.78, 5) is 24.7. The highest BCUT2D eigenvalue weighted by Crippen LogP contribution is 2.22. The third kappa shape index (κ3) is 4.29. The van der Waals surface area contributed by atoms with Crippen molar-refractivity contribution in [2.24, 2.45) is 5.41 Å². The summed E-state index contributed by atoms with van der Waals surface area (Å²) in [5.41, 5.74) is -0.514. The average Bonchev–Trinajstić information content (AvgIpc) is 2.49. The van der Waals surface area contributed by atoms with Gasteiger partial charge >= 0.3 is 0 Å². The Morgan fingerprint density at radius 1 is 0.957 bits per heavy atom. The minimum Gasteiger partial charge on any atom is -0.325 e. The lowest BCUT2D eigenvalue weighted by atomic mass is 9.90. The van der Waals surface area contributed by atoms with E-state index in [1.807, 2.05) is 0 Å². The van der Waals surface area contributed by atoms with E-state index in [0.717, 1.165) is 0 Å². The topological polar surface area (TPSA) is 58.2 Å². The van der Waals surface area contributed by atoms with E-state index in [2.05, 4.69) is 10.6 Å². The maximum atomic E-state index is 13.2. The molecule has 0 aliphatic heterocycles. The highest BCUT2D eigenvalue weighted by molar-refractivity contribution is 6.30. The molecule has 2 rings (SSSR count). The van der Waals surface area contributed by atoms with Crippen LogP contribution in [0.3, 0.4) is 0 Å². The maximum Gasteiger partial charge on any atom is 0.239 e. The molecule has 0 aliphatic carbocycles. The zero-order valence-corrected chi connectivity index (χ0v) is 13.4. The van der Waals surface area contributed by atoms with E-state index in [0.29, 0.717) is 16.4 Å². The molecule has 0 aliphatic rings. The Labute approximate surface area is 138 Å². The standard InChI is InChI=1S/C17H16ClFN2O2/c1-17(2,15(22)20-13-8-6-11(18)7-9-13)16(23)21-14-5-3-4-12(19)10-14/h3-10H,1-2H3,(H,20,22)(H,21,23). The third-order valence-electron chi connectivity index (χ3n) is 3.32. The molecular weight excluding hydrogens is 319 g/mol. The van der Waals surface area contributed by atoms with Crippen LogP contribution in [0.25, 0.3) is 0 Å². The second-order valence-corrected chi connectivity index (χ2v) is 5.99. The van der Waals surface area contributed by atoms with E-state index in [9.17, 15) is 14.0 Å². The summed E-state index contributed by atoms with van der Waals surface area (Å²) in [6.45, 7) is 2.99. The van der Waals surface area contributed by atoms with Crippen molar-refractivity contribution in [1.29, 1.82) is 0 Å². The van der Waals surface area contributed by atoms with E-state index >= 15 is 0 Å². The Kier molecular flexibility index (Phi) is 5.01. The number of nitrogens with one attached hydrogen (secondary N) is 2. The molecule has 6 heteroatoms. The molecule has 0 unspecified atom stereocenters. The van der Waals surface area contributed by atoms with Gasteiger partial charge in [0.1, 0.15) is 11.2 Å². The quantitative estimate of drug-likeness (QED) is 0.828. The Bertz CT molecular complexity index is 730. The molecule has 0 spiro atoms. The van der Waals surface area contributed by atoms with Crippen molar-refractivity contribution in [1.82, 2.24) is 0 Å². The first-order valence-electron chi connectivity index (χ1n) is 6.93. The summed E-state index contributed by atoms with van der Waals surface area (Å²) in [5.74, 6) is -1.48. The van der Waals surface area contributed by atoms with E-state index < -0.39 is 23.0 Å². The van der Waals surface area contributed by atoms with Crippen LogP contribution < -0.4 is 10.6 Å². The van der Waals surface area contributed by atoms with Gasteiger partial charge in [-0.2, -0.15) is 0 Å². The van der Waals surface area contributed by atoms with Crippen LogP contribution in [0, 0.1) is 11.2 Å². The molecule has 2 N–H and O–H groups in total. The Hall–Kier alpha value is -2.40. The van der Waals surface area contributed by atoms with Crippen LogP contribution in [0.4, 0.5) is 15.8 Å². The predicted molar refractivity (Wildman–Crippen MR) is 88.9 cm³/mol. The van der Waals surface area contributed by atoms with E-state index in [4.69, 9.17) is 11.6 Å². The summed E-state index contributed by atoms with van der Waals surface area (Å²) in [7, 11) is 0. The number of halogens is 2. The fourth-order valence-electron chi connectivity index (χ4n) is 1.78. The first-order chi connectivity index (χ1) is 10.8. The number of carbonyl (C=O) groups is 2. The molecule has 0 heterocycles. The molecular formula is C17H16ClFN2O2. The normalized spacial score (nSPS) is 11.0. The highest BCUT2D eigenvalue weighted by atomic mass is 35.5. The van der Waals surface area contributed by atoms with Crippen LogP contribution in [0.15, 0.2) is 48.5 Å². The van der Waals surface area contributed by atoms with Crippen molar-refractivity contribution < 1.29 is 14.0 Å². The van der Waals surface area contributed by atoms with E-state index in [-0.39, 0.29) is 0 Å². The smallest absolute Gasteiger partial charge is 0.239 e. The van der Waals surface area contributed by atoms with Crippen molar-refractivity contribution in [2.45, 2.75) is 13.8 Å². The molecule has 0 saturated carbocycles. The van der Waals surface area contributed by atoms with Crippen LogP contribution in [-0.2, 0) is 9.59 Å². The fraction of sp³-hybridized carbons (Fsp3) is 0.176. The average molecular weight is 335 g/mol. The minimum absolute atomic E-state index is 0.294. The lowest BCUT2D eigenvalue weighted by molar-refractivity contribution is -0.135. The summed E-state index contributed by atoms with van der Waals surface area (Å²) in [5, 5.41) is 5.74. The van der Waals surface area contributed by atoms with Gasteiger partial charge < -0.3 is 10.6 Å². The maximum absolute atomic E-state index is 13.2. The van der Waals surface area contributed by atoms with Gasteiger partial charge in [-0.25, -0.2) is 4.39 Å². The van der Waals surface area contributed by atoms with Gasteiger partial charge in [0, 0.05) is 16.4 Å². The zero-order chi connectivity index (χ0) is 17.0. The predicted octanol–water partition coefficient (Wildman–Crippen LogP) is 4.08.